The second-order valence-electron chi connectivity index (χ2n) is 3.22. The van der Waals surface area contributed by atoms with Gasteiger partial charge in [0.2, 0.25) is 0 Å². The molecule has 1 aliphatic rings. The van der Waals surface area contributed by atoms with E-state index in [1.54, 1.807) is 0 Å². The minimum atomic E-state index is 1.21. The fourth-order valence-corrected chi connectivity index (χ4v) is 2.18. The van der Waals surface area contributed by atoms with Crippen LogP contribution in [0.2, 0.25) is 0 Å². The van der Waals surface area contributed by atoms with Crippen molar-refractivity contribution in [3.8, 4) is 0 Å². The lowest BCUT2D eigenvalue weighted by atomic mass is 10.1. The molecule has 1 saturated heterocycles. The first kappa shape index (κ1) is 9.40. The maximum absolute atomic E-state index is 3.40. The van der Waals surface area contributed by atoms with E-state index in [9.17, 15) is 0 Å². The Balaban J connectivity index is 2.02. The third kappa shape index (κ3) is 5.57. The summed E-state index contributed by atoms with van der Waals surface area (Å²) < 4.78 is 3.40. The molecule has 0 aromatic rings. The number of hydrogen-bond donors (Lipinski definition) is 1. The molecule has 1 rings (SSSR count). The monoisotopic (exact) mass is 173 g/mol. The Morgan fingerprint density at radius 2 is 1.36 bits per heavy atom. The highest BCUT2D eigenvalue weighted by atomic mass is 32.2. The molecule has 0 bridgehead atoms. The highest BCUT2D eigenvalue weighted by Gasteiger charge is 1.95. The Bertz CT molecular complexity index is 47.6. The first-order chi connectivity index (χ1) is 5.50. The van der Waals surface area contributed by atoms with Crippen LogP contribution in [-0.4, -0.2) is 12.3 Å². The summed E-state index contributed by atoms with van der Waals surface area (Å²) in [6.45, 7) is 1.21. The second-order valence-corrected chi connectivity index (χ2v) is 4.20. The van der Waals surface area contributed by atoms with Crippen LogP contribution >= 0.6 is 11.9 Å². The largest absolute Gasteiger partial charge is 0.264 e. The molecule has 1 nitrogen and oxygen atoms in total. The fraction of sp³-hybridized carbons (Fsp3) is 1.00. The zero-order valence-electron chi connectivity index (χ0n) is 7.27. The summed E-state index contributed by atoms with van der Waals surface area (Å²) in [4.78, 5) is 0. The molecule has 0 spiro atoms. The summed E-state index contributed by atoms with van der Waals surface area (Å²) >= 11 is 1.91. The van der Waals surface area contributed by atoms with E-state index in [2.05, 4.69) is 4.72 Å². The first-order valence-corrected chi connectivity index (χ1v) is 5.83. The number of rotatable bonds is 0. The molecule has 1 heterocycles. The lowest BCUT2D eigenvalue weighted by Gasteiger charge is -2.00. The average molecular weight is 173 g/mol. The predicted octanol–water partition coefficient (Wildman–Crippen LogP) is 2.97. The maximum atomic E-state index is 3.40. The molecule has 0 saturated carbocycles. The van der Waals surface area contributed by atoms with Crippen molar-refractivity contribution in [2.24, 2.45) is 0 Å². The van der Waals surface area contributed by atoms with Gasteiger partial charge in [0.05, 0.1) is 0 Å². The van der Waals surface area contributed by atoms with Crippen molar-refractivity contribution in [3.05, 3.63) is 0 Å². The van der Waals surface area contributed by atoms with Crippen LogP contribution in [-0.2, 0) is 0 Å². The van der Waals surface area contributed by atoms with E-state index in [4.69, 9.17) is 0 Å². The van der Waals surface area contributed by atoms with E-state index in [0.29, 0.717) is 0 Å². The molecule has 0 unspecified atom stereocenters. The first-order valence-electron chi connectivity index (χ1n) is 4.85. The third-order valence-corrected chi connectivity index (χ3v) is 3.03. The smallest absolute Gasteiger partial charge is 0.00786 e. The third-order valence-electron chi connectivity index (χ3n) is 2.13. The van der Waals surface area contributed by atoms with Crippen LogP contribution in [0.3, 0.4) is 0 Å². The van der Waals surface area contributed by atoms with Gasteiger partial charge < -0.3 is 0 Å². The van der Waals surface area contributed by atoms with E-state index >= 15 is 0 Å². The van der Waals surface area contributed by atoms with E-state index in [1.807, 2.05) is 11.9 Å². The summed E-state index contributed by atoms with van der Waals surface area (Å²) in [6.07, 6.45) is 10.0. The van der Waals surface area contributed by atoms with Crippen LogP contribution in [0.1, 0.15) is 44.9 Å². The normalized spacial score (nSPS) is 24.0. The van der Waals surface area contributed by atoms with Crippen LogP contribution in [0.4, 0.5) is 0 Å². The molecule has 11 heavy (non-hydrogen) atoms. The molecule has 66 valence electrons. The summed E-state index contributed by atoms with van der Waals surface area (Å²) in [6, 6.07) is 0. The van der Waals surface area contributed by atoms with Crippen LogP contribution in [0.15, 0.2) is 0 Å². The summed E-state index contributed by atoms with van der Waals surface area (Å²) in [5.74, 6) is 1.31. The van der Waals surface area contributed by atoms with E-state index in [0.717, 1.165) is 0 Å². The van der Waals surface area contributed by atoms with Gasteiger partial charge in [0.15, 0.2) is 0 Å². The molecule has 2 heteroatoms. The quantitative estimate of drug-likeness (QED) is 0.565. The standard InChI is InChI=1S/C9H19NS/c1-2-4-6-8-10-11-9-7-5-3-1/h10H,1-9H2. The van der Waals surface area contributed by atoms with Gasteiger partial charge in [-0.1, -0.05) is 44.1 Å². The van der Waals surface area contributed by atoms with Gasteiger partial charge in [0, 0.05) is 12.3 Å². The SMILES string of the molecule is C1CCCCNSCCCC1. The van der Waals surface area contributed by atoms with Gasteiger partial charge in [0.1, 0.15) is 0 Å². The molecule has 0 aromatic carbocycles. The molecule has 1 fully saturated rings. The Morgan fingerprint density at radius 1 is 0.727 bits per heavy atom. The van der Waals surface area contributed by atoms with E-state index in [-0.39, 0.29) is 0 Å². The molecule has 0 aliphatic carbocycles. The Kier molecular flexibility index (Phi) is 5.97. The molecule has 0 amide bonds. The van der Waals surface area contributed by atoms with Crippen molar-refractivity contribution >= 4 is 11.9 Å². The van der Waals surface area contributed by atoms with E-state index < -0.39 is 0 Å². The molecular weight excluding hydrogens is 154 g/mol. The van der Waals surface area contributed by atoms with Crippen molar-refractivity contribution in [1.29, 1.82) is 0 Å². The zero-order valence-corrected chi connectivity index (χ0v) is 8.09. The molecule has 0 radical (unpaired) electrons. The molecule has 0 atom stereocenters. The summed E-state index contributed by atoms with van der Waals surface area (Å²) in [7, 11) is 0. The molecule has 0 aromatic heterocycles. The van der Waals surface area contributed by atoms with Gasteiger partial charge in [-0.15, -0.1) is 0 Å². The minimum absolute atomic E-state index is 1.21. The topological polar surface area (TPSA) is 12.0 Å². The molecule has 1 N–H and O–H groups in total. The van der Waals surface area contributed by atoms with Gasteiger partial charge in [-0.25, -0.2) is 0 Å². The maximum Gasteiger partial charge on any atom is 0.00786 e. The van der Waals surface area contributed by atoms with Gasteiger partial charge >= 0.3 is 0 Å². The van der Waals surface area contributed by atoms with Crippen LogP contribution in [0.5, 0.6) is 0 Å². The van der Waals surface area contributed by atoms with Gasteiger partial charge in [-0.05, 0) is 12.8 Å². The van der Waals surface area contributed by atoms with Gasteiger partial charge in [-0.2, -0.15) is 0 Å². The van der Waals surface area contributed by atoms with Crippen LogP contribution in [0, 0.1) is 0 Å². The second kappa shape index (κ2) is 6.99. The summed E-state index contributed by atoms with van der Waals surface area (Å²) in [5.41, 5.74) is 0. The number of hydrogen-bond acceptors (Lipinski definition) is 2. The van der Waals surface area contributed by atoms with Crippen LogP contribution < -0.4 is 4.72 Å². The zero-order chi connectivity index (χ0) is 7.78. The van der Waals surface area contributed by atoms with Gasteiger partial charge in [0.25, 0.3) is 0 Å². The van der Waals surface area contributed by atoms with Crippen molar-refractivity contribution in [1.82, 2.24) is 4.72 Å². The molecular formula is C9H19NS. The van der Waals surface area contributed by atoms with Crippen molar-refractivity contribution < 1.29 is 0 Å². The van der Waals surface area contributed by atoms with Crippen LogP contribution in [0.25, 0.3) is 0 Å². The number of nitrogens with one attached hydrogen (secondary N) is 1. The average Bonchev–Trinajstić information content (AvgIpc) is 2.08. The Hall–Kier alpha value is 0.310. The fourth-order valence-electron chi connectivity index (χ4n) is 1.40. The van der Waals surface area contributed by atoms with Crippen molar-refractivity contribution in [3.63, 3.8) is 0 Å². The summed E-state index contributed by atoms with van der Waals surface area (Å²) in [5, 5.41) is 0. The minimum Gasteiger partial charge on any atom is -0.264 e. The predicted molar refractivity (Wildman–Crippen MR) is 52.8 cm³/mol. The van der Waals surface area contributed by atoms with E-state index in [1.165, 1.54) is 57.2 Å². The lowest BCUT2D eigenvalue weighted by molar-refractivity contribution is 0.595. The lowest BCUT2D eigenvalue weighted by Crippen LogP contribution is -2.05. The van der Waals surface area contributed by atoms with Crippen molar-refractivity contribution in [2.75, 3.05) is 12.3 Å². The van der Waals surface area contributed by atoms with Crippen molar-refractivity contribution in [2.45, 2.75) is 44.9 Å². The Labute approximate surface area is 74.5 Å². The Morgan fingerprint density at radius 3 is 2.18 bits per heavy atom. The van der Waals surface area contributed by atoms with Gasteiger partial charge in [-0.3, -0.25) is 4.72 Å². The molecule has 1 aliphatic heterocycles. The highest BCUT2D eigenvalue weighted by molar-refractivity contribution is 7.97. The highest BCUT2D eigenvalue weighted by Crippen LogP contribution is 2.10.